The van der Waals surface area contributed by atoms with Crippen molar-refractivity contribution in [3.05, 3.63) is 90.0 Å². The molecule has 0 radical (unpaired) electrons. The van der Waals surface area contributed by atoms with E-state index in [2.05, 4.69) is 5.32 Å². The number of nitrogens with one attached hydrogen (secondary N) is 1. The van der Waals surface area contributed by atoms with Crippen molar-refractivity contribution in [2.75, 3.05) is 47.1 Å². The van der Waals surface area contributed by atoms with Gasteiger partial charge in [-0.25, -0.2) is 8.42 Å². The maximum atomic E-state index is 13.6. The lowest BCUT2D eigenvalue weighted by Crippen LogP contribution is -2.44. The Hall–Kier alpha value is -3.93. The minimum absolute atomic E-state index is 0.137. The molecule has 1 aliphatic rings. The van der Waals surface area contributed by atoms with Crippen molar-refractivity contribution >= 4 is 21.8 Å². The lowest BCUT2D eigenvalue weighted by molar-refractivity contribution is -0.143. The molecule has 3 aromatic rings. The van der Waals surface area contributed by atoms with Crippen molar-refractivity contribution in [1.29, 1.82) is 0 Å². The first kappa shape index (κ1) is 29.1. The van der Waals surface area contributed by atoms with Crippen LogP contribution in [0.25, 0.3) is 0 Å². The van der Waals surface area contributed by atoms with Gasteiger partial charge in [-0.2, -0.15) is 4.31 Å². The van der Waals surface area contributed by atoms with E-state index in [-0.39, 0.29) is 24.0 Å². The van der Waals surface area contributed by atoms with E-state index in [1.807, 2.05) is 30.3 Å². The normalized spacial score (nSPS) is 14.7. The van der Waals surface area contributed by atoms with Crippen molar-refractivity contribution in [2.24, 2.45) is 0 Å². The quantitative estimate of drug-likeness (QED) is 0.379. The van der Waals surface area contributed by atoms with Crippen LogP contribution >= 0.6 is 0 Å². The zero-order chi connectivity index (χ0) is 28.5. The Kier molecular flexibility index (Phi) is 9.75. The SMILES string of the molecule is CNC(=O)[C@H](c1ccccc1)N(Cc1ccc(OC)cc1)C(=O)COc1ccc(S(=O)(=O)N2CCOCC2)cc1. The van der Waals surface area contributed by atoms with Gasteiger partial charge in [0.2, 0.25) is 15.9 Å². The molecule has 40 heavy (non-hydrogen) atoms. The molecule has 3 aromatic carbocycles. The van der Waals surface area contributed by atoms with Crippen LogP contribution in [0.2, 0.25) is 0 Å². The molecule has 2 amide bonds. The summed E-state index contributed by atoms with van der Waals surface area (Å²) < 4.78 is 43.4. The number of ether oxygens (including phenoxy) is 3. The molecule has 0 aromatic heterocycles. The van der Waals surface area contributed by atoms with Gasteiger partial charge in [-0.15, -0.1) is 0 Å². The van der Waals surface area contributed by atoms with Gasteiger partial charge in [0, 0.05) is 26.7 Å². The lowest BCUT2D eigenvalue weighted by atomic mass is 10.0. The van der Waals surface area contributed by atoms with Gasteiger partial charge >= 0.3 is 0 Å². The van der Waals surface area contributed by atoms with Gasteiger partial charge in [-0.05, 0) is 47.5 Å². The molecule has 1 atom stereocenters. The predicted molar refractivity (Wildman–Crippen MR) is 148 cm³/mol. The molecule has 11 heteroatoms. The highest BCUT2D eigenvalue weighted by Gasteiger charge is 2.31. The molecule has 0 aliphatic carbocycles. The average molecular weight is 568 g/mol. The predicted octanol–water partition coefficient (Wildman–Crippen LogP) is 2.61. The lowest BCUT2D eigenvalue weighted by Gasteiger charge is -2.31. The largest absolute Gasteiger partial charge is 0.497 e. The van der Waals surface area contributed by atoms with E-state index in [0.717, 1.165) is 5.56 Å². The Morgan fingerprint density at radius 3 is 2.17 bits per heavy atom. The Balaban J connectivity index is 1.53. The zero-order valence-corrected chi connectivity index (χ0v) is 23.3. The molecule has 212 valence electrons. The highest BCUT2D eigenvalue weighted by atomic mass is 32.2. The zero-order valence-electron chi connectivity index (χ0n) is 22.5. The fraction of sp³-hybridized carbons (Fsp3) is 0.310. The minimum atomic E-state index is -3.65. The number of rotatable bonds is 11. The summed E-state index contributed by atoms with van der Waals surface area (Å²) in [6.07, 6.45) is 0. The second-order valence-corrected chi connectivity index (χ2v) is 11.0. The first-order chi connectivity index (χ1) is 19.3. The van der Waals surface area contributed by atoms with Crippen LogP contribution in [0.15, 0.2) is 83.8 Å². The maximum absolute atomic E-state index is 13.6. The number of hydrogen-bond acceptors (Lipinski definition) is 7. The monoisotopic (exact) mass is 567 g/mol. The molecule has 0 unspecified atom stereocenters. The van der Waals surface area contributed by atoms with Crippen molar-refractivity contribution in [1.82, 2.24) is 14.5 Å². The topological polar surface area (TPSA) is 114 Å². The number of likely N-dealkylation sites (N-methyl/N-ethyl adjacent to an activating group) is 1. The Morgan fingerprint density at radius 1 is 0.950 bits per heavy atom. The van der Waals surface area contributed by atoms with Crippen LogP contribution < -0.4 is 14.8 Å². The van der Waals surface area contributed by atoms with Crippen LogP contribution in [0.5, 0.6) is 11.5 Å². The van der Waals surface area contributed by atoms with Crippen LogP contribution in [0, 0.1) is 0 Å². The molecular formula is C29H33N3O7S. The van der Waals surface area contributed by atoms with Gasteiger partial charge < -0.3 is 24.4 Å². The van der Waals surface area contributed by atoms with Gasteiger partial charge in [0.05, 0.1) is 25.2 Å². The summed E-state index contributed by atoms with van der Waals surface area (Å²) in [6.45, 7) is 1.10. The number of nitrogens with zero attached hydrogens (tertiary/aromatic N) is 2. The van der Waals surface area contributed by atoms with E-state index < -0.39 is 22.0 Å². The molecule has 4 rings (SSSR count). The number of sulfonamides is 1. The molecule has 1 heterocycles. The number of hydrogen-bond donors (Lipinski definition) is 1. The first-order valence-corrected chi connectivity index (χ1v) is 14.3. The standard InChI is InChI=1S/C29H33N3O7S/c1-30-29(34)28(23-6-4-3-5-7-23)32(20-22-8-10-24(37-2)11-9-22)27(33)21-39-25-12-14-26(15-13-25)40(35,36)31-16-18-38-19-17-31/h3-15,28H,16-21H2,1-2H3,(H,30,34)/t28-/m0/s1. The summed E-state index contributed by atoms with van der Waals surface area (Å²) in [5.41, 5.74) is 1.46. The van der Waals surface area contributed by atoms with Gasteiger partial charge in [0.25, 0.3) is 5.91 Å². The Labute approximate surface area is 234 Å². The smallest absolute Gasteiger partial charge is 0.261 e. The number of amides is 2. The molecule has 0 spiro atoms. The van der Waals surface area contributed by atoms with Gasteiger partial charge in [-0.3, -0.25) is 9.59 Å². The molecule has 10 nitrogen and oxygen atoms in total. The summed E-state index contributed by atoms with van der Waals surface area (Å²) in [6, 6.07) is 21.3. The first-order valence-electron chi connectivity index (χ1n) is 12.8. The highest BCUT2D eigenvalue weighted by Crippen LogP contribution is 2.26. The average Bonchev–Trinajstić information content (AvgIpc) is 3.01. The number of morpholine rings is 1. The van der Waals surface area contributed by atoms with Gasteiger partial charge in [-0.1, -0.05) is 42.5 Å². The van der Waals surface area contributed by atoms with Crippen LogP contribution in [-0.2, 0) is 30.9 Å². The van der Waals surface area contributed by atoms with Crippen LogP contribution in [-0.4, -0.2) is 76.5 Å². The van der Waals surface area contributed by atoms with E-state index in [1.54, 1.807) is 31.4 Å². The van der Waals surface area contributed by atoms with Gasteiger partial charge in [0.1, 0.15) is 17.5 Å². The molecule has 0 bridgehead atoms. The number of methoxy groups -OCH3 is 1. The number of carbonyl (C=O) groups is 2. The van der Waals surface area contributed by atoms with E-state index in [1.165, 1.54) is 40.5 Å². The minimum Gasteiger partial charge on any atom is -0.497 e. The Morgan fingerprint density at radius 2 is 1.57 bits per heavy atom. The molecule has 1 fully saturated rings. The third-order valence-corrected chi connectivity index (χ3v) is 8.46. The van der Waals surface area contributed by atoms with E-state index in [9.17, 15) is 18.0 Å². The van der Waals surface area contributed by atoms with E-state index in [0.29, 0.717) is 43.4 Å². The van der Waals surface area contributed by atoms with Crippen molar-refractivity contribution in [2.45, 2.75) is 17.5 Å². The van der Waals surface area contributed by atoms with Crippen molar-refractivity contribution < 1.29 is 32.2 Å². The Bertz CT molecular complexity index is 1380. The summed E-state index contributed by atoms with van der Waals surface area (Å²) in [4.78, 5) is 28.2. The fourth-order valence-corrected chi connectivity index (χ4v) is 5.78. The van der Waals surface area contributed by atoms with Crippen molar-refractivity contribution in [3.8, 4) is 11.5 Å². The second-order valence-electron chi connectivity index (χ2n) is 9.07. The molecular weight excluding hydrogens is 534 g/mol. The molecule has 1 N–H and O–H groups in total. The number of carbonyl (C=O) groups excluding carboxylic acids is 2. The molecule has 0 saturated carbocycles. The highest BCUT2D eigenvalue weighted by molar-refractivity contribution is 7.89. The fourth-order valence-electron chi connectivity index (χ4n) is 4.37. The second kappa shape index (κ2) is 13.4. The van der Waals surface area contributed by atoms with Crippen LogP contribution in [0.1, 0.15) is 17.2 Å². The molecule has 1 aliphatic heterocycles. The maximum Gasteiger partial charge on any atom is 0.261 e. The van der Waals surface area contributed by atoms with Crippen LogP contribution in [0.4, 0.5) is 0 Å². The molecule has 1 saturated heterocycles. The third-order valence-electron chi connectivity index (χ3n) is 6.55. The van der Waals surface area contributed by atoms with Gasteiger partial charge in [0.15, 0.2) is 6.61 Å². The summed E-state index contributed by atoms with van der Waals surface area (Å²) in [7, 11) is -0.550. The summed E-state index contributed by atoms with van der Waals surface area (Å²) in [5, 5.41) is 2.66. The van der Waals surface area contributed by atoms with E-state index >= 15 is 0 Å². The van der Waals surface area contributed by atoms with E-state index in [4.69, 9.17) is 14.2 Å². The van der Waals surface area contributed by atoms with Crippen LogP contribution in [0.3, 0.4) is 0 Å². The summed E-state index contributed by atoms with van der Waals surface area (Å²) >= 11 is 0. The summed E-state index contributed by atoms with van der Waals surface area (Å²) in [5.74, 6) is 0.244. The van der Waals surface area contributed by atoms with Crippen molar-refractivity contribution in [3.63, 3.8) is 0 Å². The number of benzene rings is 3. The third kappa shape index (κ3) is 6.98.